The molecule has 0 aliphatic rings. The number of rotatable bonds is 15. The molecule has 2 nitrogen and oxygen atoms in total. The maximum atomic E-state index is 10.4. The lowest BCUT2D eigenvalue weighted by molar-refractivity contribution is 0.537. The van der Waals surface area contributed by atoms with Crippen molar-refractivity contribution in [2.24, 2.45) is 0 Å². The third-order valence-electron chi connectivity index (χ3n) is 3.69. The molecule has 0 spiro atoms. The quantitative estimate of drug-likeness (QED) is 0.337. The first kappa shape index (κ1) is 18.9. The van der Waals surface area contributed by atoms with Gasteiger partial charge in [0.25, 0.3) is 0 Å². The molecular formula is C16H34O2S. The van der Waals surface area contributed by atoms with Crippen molar-refractivity contribution in [3.63, 3.8) is 0 Å². The zero-order chi connectivity index (χ0) is 14.2. The van der Waals surface area contributed by atoms with Gasteiger partial charge < -0.3 is 0 Å². The molecule has 0 N–H and O–H groups in total. The smallest absolute Gasteiger partial charge is 0.140 e. The van der Waals surface area contributed by atoms with Crippen LogP contribution in [0.15, 0.2) is 0 Å². The van der Waals surface area contributed by atoms with Gasteiger partial charge in [-0.15, -0.1) is 0 Å². The third kappa shape index (κ3) is 17.9. The summed E-state index contributed by atoms with van der Waals surface area (Å²) in [6.45, 7) is 2.26. The van der Waals surface area contributed by atoms with Gasteiger partial charge >= 0.3 is 0 Å². The molecule has 0 amide bonds. The van der Waals surface area contributed by atoms with Crippen LogP contribution in [0.4, 0.5) is 0 Å². The molecule has 0 rings (SSSR count). The van der Waals surface area contributed by atoms with Crippen LogP contribution >= 0.6 is 0 Å². The van der Waals surface area contributed by atoms with Crippen LogP contribution in [-0.2, 0) is 10.7 Å². The summed E-state index contributed by atoms with van der Waals surface area (Å²) in [6.07, 6.45) is 18.4. The van der Waals surface area contributed by atoms with Gasteiger partial charge in [0.05, 0.1) is 0 Å². The topological polar surface area (TPSA) is 34.1 Å². The standard InChI is InChI=1S/C16H34O2S/c1-2-3-4-5-6-7-8-9-10-11-12-13-14-15-16-19(17)18/h19H,2-16H2,1H3. The van der Waals surface area contributed by atoms with Gasteiger partial charge in [-0.05, 0) is 6.42 Å². The molecule has 0 bridgehead atoms. The van der Waals surface area contributed by atoms with Crippen molar-refractivity contribution < 1.29 is 8.42 Å². The van der Waals surface area contributed by atoms with E-state index in [2.05, 4.69) is 6.92 Å². The van der Waals surface area contributed by atoms with Crippen LogP contribution in [0, 0.1) is 0 Å². The molecule has 0 fully saturated rings. The third-order valence-corrected chi connectivity index (χ3v) is 4.38. The average Bonchev–Trinajstić information content (AvgIpc) is 2.39. The van der Waals surface area contributed by atoms with E-state index in [9.17, 15) is 8.42 Å². The van der Waals surface area contributed by atoms with Crippen LogP contribution in [0.3, 0.4) is 0 Å². The molecule has 0 aromatic heterocycles. The zero-order valence-corrected chi connectivity index (χ0v) is 13.8. The summed E-state index contributed by atoms with van der Waals surface area (Å²) >= 11 is 0. The van der Waals surface area contributed by atoms with E-state index in [1.165, 1.54) is 77.0 Å². The lowest BCUT2D eigenvalue weighted by Crippen LogP contribution is -1.88. The monoisotopic (exact) mass is 290 g/mol. The SMILES string of the molecule is CCCCCCCCCCCCCCCC[SH](=O)=O. The molecule has 0 atom stereocenters. The van der Waals surface area contributed by atoms with Crippen molar-refractivity contribution in [3.05, 3.63) is 0 Å². The van der Waals surface area contributed by atoms with Crippen molar-refractivity contribution in [2.45, 2.75) is 96.8 Å². The Balaban J connectivity index is 2.95. The molecule has 0 saturated carbocycles. The number of hydrogen-bond acceptors (Lipinski definition) is 2. The Bertz CT molecular complexity index is 229. The molecule has 0 aliphatic heterocycles. The first-order chi connectivity index (χ1) is 9.27. The Kier molecular flexibility index (Phi) is 16.0. The summed E-state index contributed by atoms with van der Waals surface area (Å²) < 4.78 is 20.7. The van der Waals surface area contributed by atoms with Crippen LogP contribution in [0.1, 0.15) is 96.8 Å². The van der Waals surface area contributed by atoms with E-state index < -0.39 is 10.7 Å². The van der Waals surface area contributed by atoms with Crippen LogP contribution in [-0.4, -0.2) is 14.2 Å². The first-order valence-electron chi connectivity index (χ1n) is 8.39. The molecule has 0 aromatic rings. The highest BCUT2D eigenvalue weighted by Crippen LogP contribution is 2.12. The number of hydrogen-bond donors (Lipinski definition) is 1. The molecule has 0 radical (unpaired) electrons. The first-order valence-corrected chi connectivity index (χ1v) is 9.75. The van der Waals surface area contributed by atoms with Crippen molar-refractivity contribution >= 4 is 10.7 Å². The summed E-state index contributed by atoms with van der Waals surface area (Å²) in [5.41, 5.74) is 0. The Morgan fingerprint density at radius 2 is 0.842 bits per heavy atom. The summed E-state index contributed by atoms with van der Waals surface area (Å²) in [6, 6.07) is 0. The zero-order valence-electron chi connectivity index (χ0n) is 12.9. The maximum Gasteiger partial charge on any atom is 0.140 e. The van der Waals surface area contributed by atoms with Crippen LogP contribution in [0.25, 0.3) is 0 Å². The Hall–Kier alpha value is -0.0500. The van der Waals surface area contributed by atoms with Crippen molar-refractivity contribution in [3.8, 4) is 0 Å². The maximum absolute atomic E-state index is 10.4. The van der Waals surface area contributed by atoms with E-state index in [0.29, 0.717) is 5.75 Å². The summed E-state index contributed by atoms with van der Waals surface area (Å²) in [4.78, 5) is 0. The fraction of sp³-hybridized carbons (Fsp3) is 1.00. The van der Waals surface area contributed by atoms with Gasteiger partial charge in [0.2, 0.25) is 0 Å². The Morgan fingerprint density at radius 1 is 0.526 bits per heavy atom. The predicted molar refractivity (Wildman–Crippen MR) is 85.5 cm³/mol. The molecule has 116 valence electrons. The van der Waals surface area contributed by atoms with Gasteiger partial charge in [-0.3, -0.25) is 0 Å². The van der Waals surface area contributed by atoms with Crippen LogP contribution in [0.2, 0.25) is 0 Å². The fourth-order valence-corrected chi connectivity index (χ4v) is 2.92. The summed E-state index contributed by atoms with van der Waals surface area (Å²) in [5.74, 6) is 0.382. The molecule has 0 aliphatic carbocycles. The predicted octanol–water partition coefficient (Wildman–Crippen LogP) is 5.08. The van der Waals surface area contributed by atoms with E-state index in [4.69, 9.17) is 0 Å². The van der Waals surface area contributed by atoms with E-state index >= 15 is 0 Å². The van der Waals surface area contributed by atoms with Crippen LogP contribution in [0.5, 0.6) is 0 Å². The number of thiol groups is 1. The molecule has 0 unspecified atom stereocenters. The molecule has 0 aromatic carbocycles. The minimum absolute atomic E-state index is 0.382. The minimum atomic E-state index is -2.14. The van der Waals surface area contributed by atoms with Gasteiger partial charge in [0, 0.05) is 5.75 Å². The molecule has 3 heteroatoms. The van der Waals surface area contributed by atoms with Crippen molar-refractivity contribution in [2.75, 3.05) is 5.75 Å². The van der Waals surface area contributed by atoms with Gasteiger partial charge in [0.15, 0.2) is 0 Å². The van der Waals surface area contributed by atoms with E-state index in [0.717, 1.165) is 12.8 Å². The minimum Gasteiger partial charge on any atom is -0.232 e. The average molecular weight is 291 g/mol. The fourth-order valence-electron chi connectivity index (χ4n) is 2.44. The number of unbranched alkanes of at least 4 members (excludes halogenated alkanes) is 13. The van der Waals surface area contributed by atoms with Gasteiger partial charge in [-0.2, -0.15) is 0 Å². The van der Waals surface area contributed by atoms with Gasteiger partial charge in [-0.1, -0.05) is 90.4 Å². The summed E-state index contributed by atoms with van der Waals surface area (Å²) in [7, 11) is -2.14. The molecule has 0 heterocycles. The summed E-state index contributed by atoms with van der Waals surface area (Å²) in [5, 5.41) is 0. The normalized spacial score (nSPS) is 11.3. The van der Waals surface area contributed by atoms with Crippen molar-refractivity contribution in [1.29, 1.82) is 0 Å². The second-order valence-corrected chi connectivity index (χ2v) is 6.77. The van der Waals surface area contributed by atoms with E-state index in [-0.39, 0.29) is 0 Å². The molecule has 0 saturated heterocycles. The lowest BCUT2D eigenvalue weighted by atomic mass is 10.0. The van der Waals surface area contributed by atoms with Crippen LogP contribution < -0.4 is 0 Å². The second-order valence-electron chi connectivity index (χ2n) is 5.65. The van der Waals surface area contributed by atoms with E-state index in [1.807, 2.05) is 0 Å². The van der Waals surface area contributed by atoms with E-state index in [1.54, 1.807) is 0 Å². The highest BCUT2D eigenvalue weighted by Gasteiger charge is 1.94. The lowest BCUT2D eigenvalue weighted by Gasteiger charge is -2.02. The highest BCUT2D eigenvalue weighted by molar-refractivity contribution is 7.72. The molecular weight excluding hydrogens is 256 g/mol. The molecule has 19 heavy (non-hydrogen) atoms. The highest BCUT2D eigenvalue weighted by atomic mass is 32.2. The Morgan fingerprint density at radius 3 is 1.16 bits per heavy atom. The largest absolute Gasteiger partial charge is 0.232 e. The Labute approximate surface area is 122 Å². The second kappa shape index (κ2) is 16.0. The van der Waals surface area contributed by atoms with Gasteiger partial charge in [0.1, 0.15) is 10.7 Å². The van der Waals surface area contributed by atoms with Gasteiger partial charge in [-0.25, -0.2) is 8.42 Å². The van der Waals surface area contributed by atoms with Crippen molar-refractivity contribution in [1.82, 2.24) is 0 Å².